The standard InChI is InChI=1S/2C21H21.C2H6Si.Zr/c2*1-3-8-16(9-4-1)19-14-18-12-7-13-20(21(18)15-19)17-10-5-2-6-11-17;1-3-2;/h2*2,5-7,10-16H,1,3-4,8-9H2;1-2H3;/q2*-1;;+2. The van der Waals surface area contributed by atoms with Crippen LogP contribution in [0.1, 0.15) is 87.2 Å². The Morgan fingerprint density at radius 1 is 0.500 bits per heavy atom. The second-order valence-corrected chi connectivity index (χ2v) is 23.0. The van der Waals surface area contributed by atoms with Crippen molar-refractivity contribution in [1.82, 2.24) is 0 Å². The van der Waals surface area contributed by atoms with Gasteiger partial charge in [0, 0.05) is 0 Å². The third-order valence-corrected chi connectivity index (χ3v) is 9.87. The fraction of sp³-hybridized carbons (Fsp3) is 0.318. The van der Waals surface area contributed by atoms with Crippen molar-refractivity contribution in [3.63, 3.8) is 0 Å². The van der Waals surface area contributed by atoms with Gasteiger partial charge in [-0.05, 0) is 48.6 Å². The van der Waals surface area contributed by atoms with Crippen LogP contribution < -0.4 is 0 Å². The molecule has 8 rings (SSSR count). The smallest absolute Gasteiger partial charge is 0.0279 e. The summed E-state index contributed by atoms with van der Waals surface area (Å²) in [4.78, 5) is 0. The van der Waals surface area contributed by atoms with Gasteiger partial charge in [-0.2, -0.15) is 12.1 Å². The van der Waals surface area contributed by atoms with E-state index in [-0.39, 0.29) is 5.43 Å². The second kappa shape index (κ2) is 16.3. The van der Waals surface area contributed by atoms with Crippen LogP contribution in [0.2, 0.25) is 13.1 Å². The Morgan fingerprint density at radius 2 is 0.870 bits per heavy atom. The summed E-state index contributed by atoms with van der Waals surface area (Å²) in [6.07, 6.45) is 13.9. The molecular formula is C44H48SiZr. The third-order valence-electron chi connectivity index (χ3n) is 9.87. The molecule has 2 saturated carbocycles. The molecule has 6 aromatic carbocycles. The molecule has 0 nitrogen and oxygen atoms in total. The first-order chi connectivity index (χ1) is 22.6. The summed E-state index contributed by atoms with van der Waals surface area (Å²) in [5, 5.41) is 5.64. The summed E-state index contributed by atoms with van der Waals surface area (Å²) in [6.45, 7) is 4.62. The van der Waals surface area contributed by atoms with Gasteiger partial charge in [0.2, 0.25) is 0 Å². The minimum absolute atomic E-state index is 0.210. The molecule has 2 aliphatic rings. The minimum atomic E-state index is 0.210. The molecule has 2 heteroatoms. The molecule has 0 atom stereocenters. The van der Waals surface area contributed by atoms with Gasteiger partial charge in [-0.1, -0.05) is 122 Å². The molecule has 0 aromatic heterocycles. The summed E-state index contributed by atoms with van der Waals surface area (Å²) in [6, 6.07) is 44.7. The number of benzene rings is 4. The van der Waals surface area contributed by atoms with Gasteiger partial charge in [0.05, 0.1) is 0 Å². The molecule has 232 valence electrons. The zero-order valence-electron chi connectivity index (χ0n) is 27.8. The Balaban J connectivity index is 0.000000145. The molecule has 0 radical (unpaired) electrons. The van der Waals surface area contributed by atoms with Crippen molar-refractivity contribution in [2.75, 3.05) is 0 Å². The summed E-state index contributed by atoms with van der Waals surface area (Å²) in [5.41, 5.74) is 8.72. The van der Waals surface area contributed by atoms with Gasteiger partial charge in [0.15, 0.2) is 0 Å². The van der Waals surface area contributed by atoms with E-state index in [4.69, 9.17) is 0 Å². The Bertz CT molecular complexity index is 1690. The molecule has 0 unspecified atom stereocenters. The summed E-state index contributed by atoms with van der Waals surface area (Å²) in [7, 11) is 0. The number of hydrogen-bond donors (Lipinski definition) is 0. The maximum atomic E-state index is 2.45. The van der Waals surface area contributed by atoms with Crippen LogP contribution in [0.3, 0.4) is 0 Å². The average Bonchev–Trinajstić information content (AvgIpc) is 3.75. The number of hydrogen-bond acceptors (Lipinski definition) is 0. The molecule has 2 fully saturated rings. The van der Waals surface area contributed by atoms with Gasteiger partial charge in [-0.15, -0.1) is 69.1 Å². The molecule has 0 heterocycles. The maximum Gasteiger partial charge on any atom is -0.0279 e. The zero-order chi connectivity index (χ0) is 31.7. The first-order valence-corrected chi connectivity index (χ1v) is 23.8. The maximum absolute atomic E-state index is 2.45. The molecule has 0 N–H and O–H groups in total. The third kappa shape index (κ3) is 8.37. The van der Waals surface area contributed by atoms with Crippen molar-refractivity contribution in [3.8, 4) is 22.3 Å². The average molecular weight is 696 g/mol. The van der Waals surface area contributed by atoms with E-state index in [1.165, 1.54) is 108 Å². The van der Waals surface area contributed by atoms with Gasteiger partial charge in [-0.25, -0.2) is 0 Å². The van der Waals surface area contributed by atoms with Crippen molar-refractivity contribution < 1.29 is 23.3 Å². The summed E-state index contributed by atoms with van der Waals surface area (Å²) < 4.78 is 0. The molecule has 46 heavy (non-hydrogen) atoms. The van der Waals surface area contributed by atoms with Crippen molar-refractivity contribution in [2.45, 2.75) is 89.1 Å². The van der Waals surface area contributed by atoms with Gasteiger partial charge in [0.1, 0.15) is 0 Å². The van der Waals surface area contributed by atoms with E-state index in [1.54, 1.807) is 34.5 Å². The van der Waals surface area contributed by atoms with Crippen molar-refractivity contribution in [2.24, 2.45) is 0 Å². The van der Waals surface area contributed by atoms with E-state index in [0.29, 0.717) is 0 Å². The van der Waals surface area contributed by atoms with E-state index in [9.17, 15) is 0 Å². The molecule has 0 saturated heterocycles. The first kappa shape index (κ1) is 33.1. The second-order valence-electron chi connectivity index (χ2n) is 13.6. The van der Waals surface area contributed by atoms with E-state index in [1.807, 2.05) is 0 Å². The van der Waals surface area contributed by atoms with E-state index < -0.39 is 0 Å². The first-order valence-electron chi connectivity index (χ1n) is 17.6. The Morgan fingerprint density at radius 3 is 1.24 bits per heavy atom. The van der Waals surface area contributed by atoms with Crippen molar-refractivity contribution in [3.05, 3.63) is 132 Å². The molecular weight excluding hydrogens is 648 g/mol. The van der Waals surface area contributed by atoms with Crippen LogP contribution in [0.25, 0.3) is 43.8 Å². The van der Waals surface area contributed by atoms with Crippen LogP contribution in [0, 0.1) is 0 Å². The summed E-state index contributed by atoms with van der Waals surface area (Å²) in [5.74, 6) is 1.57. The monoisotopic (exact) mass is 694 g/mol. The van der Waals surface area contributed by atoms with Crippen LogP contribution >= 0.6 is 0 Å². The van der Waals surface area contributed by atoms with Gasteiger partial charge in [0.25, 0.3) is 0 Å². The van der Waals surface area contributed by atoms with Crippen LogP contribution in [0.4, 0.5) is 0 Å². The largest absolute Gasteiger partial charge is 0.164 e. The normalized spacial score (nSPS) is 15.6. The zero-order valence-corrected chi connectivity index (χ0v) is 31.2. The van der Waals surface area contributed by atoms with Crippen LogP contribution in [-0.2, 0) is 23.3 Å². The number of fused-ring (bicyclic) bond motifs is 2. The molecule has 0 amide bonds. The topological polar surface area (TPSA) is 0 Å². The van der Waals surface area contributed by atoms with Gasteiger partial charge in [-0.3, -0.25) is 0 Å². The van der Waals surface area contributed by atoms with E-state index >= 15 is 0 Å². The SMILES string of the molecule is C[Si](C)=[Zr+2].c1ccc(-c2cccc3[cH-]c(C4CCCCC4)cc23)cc1.c1ccc(-c2cccc3[cH-]c(C4CCCCC4)cc23)cc1. The molecule has 2 aliphatic carbocycles. The van der Waals surface area contributed by atoms with Gasteiger partial charge >= 0.3 is 41.9 Å². The molecule has 0 aliphatic heterocycles. The van der Waals surface area contributed by atoms with Gasteiger partial charge < -0.3 is 0 Å². The Labute approximate surface area is 292 Å². The fourth-order valence-electron chi connectivity index (χ4n) is 7.60. The predicted octanol–water partition coefficient (Wildman–Crippen LogP) is 13.3. The molecule has 0 bridgehead atoms. The summed E-state index contributed by atoms with van der Waals surface area (Å²) >= 11 is 1.74. The predicted molar refractivity (Wildman–Crippen MR) is 199 cm³/mol. The molecule has 6 aromatic rings. The Hall–Kier alpha value is -2.80. The van der Waals surface area contributed by atoms with E-state index in [2.05, 4.69) is 134 Å². The molecule has 0 spiro atoms. The van der Waals surface area contributed by atoms with Crippen LogP contribution in [0.5, 0.6) is 0 Å². The number of rotatable bonds is 4. The Kier molecular flexibility index (Phi) is 11.8. The van der Waals surface area contributed by atoms with Crippen LogP contribution in [-0.4, -0.2) is 5.43 Å². The quantitative estimate of drug-likeness (QED) is 0.127. The minimum Gasteiger partial charge on any atom is -0.164 e. The fourth-order valence-corrected chi connectivity index (χ4v) is 7.60. The van der Waals surface area contributed by atoms with Crippen molar-refractivity contribution >= 4 is 27.0 Å². The van der Waals surface area contributed by atoms with Crippen molar-refractivity contribution in [1.29, 1.82) is 0 Å². The van der Waals surface area contributed by atoms with Crippen LogP contribution in [0.15, 0.2) is 121 Å². The van der Waals surface area contributed by atoms with E-state index in [0.717, 1.165) is 11.8 Å².